The third kappa shape index (κ3) is 2.62. The van der Waals surface area contributed by atoms with Crippen molar-refractivity contribution in [3.8, 4) is 10.4 Å². The highest BCUT2D eigenvalue weighted by atomic mass is 32.1. The van der Waals surface area contributed by atoms with Crippen molar-refractivity contribution in [2.45, 2.75) is 32.4 Å². The molecule has 1 saturated carbocycles. The van der Waals surface area contributed by atoms with E-state index in [9.17, 15) is 0 Å². The summed E-state index contributed by atoms with van der Waals surface area (Å²) < 4.78 is 0. The van der Waals surface area contributed by atoms with Gasteiger partial charge in [0.2, 0.25) is 0 Å². The molecule has 2 heterocycles. The summed E-state index contributed by atoms with van der Waals surface area (Å²) in [5.41, 5.74) is 1.38. The standard InChI is InChI=1S/C14H17NS2/c1-10-5-12(6-10)15-8-13-7-11(9-17-13)14-3-2-4-16-14/h2-4,7,9-10,12,15H,5-6,8H2,1H3. The van der Waals surface area contributed by atoms with Crippen LogP contribution in [0.5, 0.6) is 0 Å². The molecule has 3 rings (SSSR count). The van der Waals surface area contributed by atoms with Crippen LogP contribution in [0.25, 0.3) is 10.4 Å². The second-order valence-corrected chi connectivity index (χ2v) is 6.88. The van der Waals surface area contributed by atoms with Crippen LogP contribution in [0.15, 0.2) is 29.0 Å². The second kappa shape index (κ2) is 4.92. The first kappa shape index (κ1) is 11.5. The molecule has 3 heteroatoms. The summed E-state index contributed by atoms with van der Waals surface area (Å²) in [5.74, 6) is 0.928. The van der Waals surface area contributed by atoms with Gasteiger partial charge in [-0.05, 0) is 41.7 Å². The van der Waals surface area contributed by atoms with E-state index < -0.39 is 0 Å². The van der Waals surface area contributed by atoms with Gasteiger partial charge in [-0.25, -0.2) is 0 Å². The van der Waals surface area contributed by atoms with Crippen LogP contribution in [0.4, 0.5) is 0 Å². The molecule has 1 aliphatic rings. The number of thiophene rings is 2. The van der Waals surface area contributed by atoms with E-state index in [2.05, 4.69) is 41.2 Å². The Morgan fingerprint density at radius 3 is 2.94 bits per heavy atom. The van der Waals surface area contributed by atoms with Crippen LogP contribution in [0, 0.1) is 5.92 Å². The van der Waals surface area contributed by atoms with Crippen molar-refractivity contribution in [2.24, 2.45) is 5.92 Å². The van der Waals surface area contributed by atoms with Crippen LogP contribution in [-0.4, -0.2) is 6.04 Å². The maximum atomic E-state index is 3.64. The number of nitrogens with one attached hydrogen (secondary N) is 1. The van der Waals surface area contributed by atoms with Gasteiger partial charge in [-0.3, -0.25) is 0 Å². The molecule has 2 aromatic rings. The summed E-state index contributed by atoms with van der Waals surface area (Å²) in [6.07, 6.45) is 2.70. The molecule has 90 valence electrons. The lowest BCUT2D eigenvalue weighted by molar-refractivity contribution is 0.241. The fourth-order valence-corrected chi connectivity index (χ4v) is 3.98. The summed E-state index contributed by atoms with van der Waals surface area (Å²) in [5, 5.41) is 8.05. The SMILES string of the molecule is CC1CC(NCc2cc(-c3cccs3)cs2)C1. The second-order valence-electron chi connectivity index (χ2n) is 4.93. The Labute approximate surface area is 111 Å². The van der Waals surface area contributed by atoms with Gasteiger partial charge in [0, 0.05) is 27.9 Å². The van der Waals surface area contributed by atoms with Gasteiger partial charge in [0.1, 0.15) is 0 Å². The van der Waals surface area contributed by atoms with Gasteiger partial charge in [0.05, 0.1) is 0 Å². The van der Waals surface area contributed by atoms with E-state index in [0.717, 1.165) is 18.5 Å². The maximum Gasteiger partial charge on any atom is 0.0351 e. The Bertz CT molecular complexity index is 466. The van der Waals surface area contributed by atoms with Crippen LogP contribution < -0.4 is 5.32 Å². The van der Waals surface area contributed by atoms with Gasteiger partial charge < -0.3 is 5.32 Å². The van der Waals surface area contributed by atoms with Crippen LogP contribution in [0.3, 0.4) is 0 Å². The van der Waals surface area contributed by atoms with E-state index in [1.807, 2.05) is 22.7 Å². The van der Waals surface area contributed by atoms with Crippen LogP contribution >= 0.6 is 22.7 Å². The molecule has 0 bridgehead atoms. The minimum Gasteiger partial charge on any atom is -0.309 e. The molecule has 1 nitrogen and oxygen atoms in total. The molecule has 0 unspecified atom stereocenters. The summed E-state index contributed by atoms with van der Waals surface area (Å²) in [6.45, 7) is 3.37. The smallest absolute Gasteiger partial charge is 0.0351 e. The highest BCUT2D eigenvalue weighted by Gasteiger charge is 2.24. The molecule has 1 N–H and O–H groups in total. The van der Waals surface area contributed by atoms with Crippen molar-refractivity contribution in [3.05, 3.63) is 33.8 Å². The molecule has 0 amide bonds. The van der Waals surface area contributed by atoms with Crippen LogP contribution in [0.1, 0.15) is 24.6 Å². The highest BCUT2D eigenvalue weighted by molar-refractivity contribution is 7.14. The first-order valence-electron chi connectivity index (χ1n) is 6.16. The molecule has 0 spiro atoms. The number of rotatable bonds is 4. The third-order valence-corrected chi connectivity index (χ3v) is 5.25. The van der Waals surface area contributed by atoms with E-state index >= 15 is 0 Å². The van der Waals surface area contributed by atoms with E-state index in [4.69, 9.17) is 0 Å². The Balaban J connectivity index is 1.57. The van der Waals surface area contributed by atoms with Crippen LogP contribution in [-0.2, 0) is 6.54 Å². The normalized spacial score (nSPS) is 23.6. The molecule has 0 aromatic carbocycles. The molecule has 1 fully saturated rings. The van der Waals surface area contributed by atoms with E-state index in [-0.39, 0.29) is 0 Å². The summed E-state index contributed by atoms with van der Waals surface area (Å²) in [6, 6.07) is 7.39. The fraction of sp³-hybridized carbons (Fsp3) is 0.429. The lowest BCUT2D eigenvalue weighted by atomic mass is 9.82. The minimum absolute atomic E-state index is 0.761. The maximum absolute atomic E-state index is 3.64. The zero-order chi connectivity index (χ0) is 11.7. The highest BCUT2D eigenvalue weighted by Crippen LogP contribution is 2.30. The number of hydrogen-bond acceptors (Lipinski definition) is 3. The quantitative estimate of drug-likeness (QED) is 0.864. The average Bonchev–Trinajstić information content (AvgIpc) is 2.92. The molecule has 17 heavy (non-hydrogen) atoms. The van der Waals surface area contributed by atoms with Gasteiger partial charge >= 0.3 is 0 Å². The van der Waals surface area contributed by atoms with Gasteiger partial charge in [0.15, 0.2) is 0 Å². The predicted octanol–water partition coefficient (Wildman–Crippen LogP) is 4.36. The van der Waals surface area contributed by atoms with E-state index in [0.29, 0.717) is 0 Å². The summed E-state index contributed by atoms with van der Waals surface area (Å²) in [4.78, 5) is 2.83. The Morgan fingerprint density at radius 2 is 2.24 bits per heavy atom. The zero-order valence-corrected chi connectivity index (χ0v) is 11.6. The first-order chi connectivity index (χ1) is 8.31. The van der Waals surface area contributed by atoms with Crippen molar-refractivity contribution in [3.63, 3.8) is 0 Å². The lowest BCUT2D eigenvalue weighted by Gasteiger charge is -2.33. The molecule has 0 atom stereocenters. The monoisotopic (exact) mass is 263 g/mol. The molecule has 0 saturated heterocycles. The Kier molecular flexibility index (Phi) is 3.32. The third-order valence-electron chi connectivity index (χ3n) is 3.40. The zero-order valence-electron chi connectivity index (χ0n) is 9.98. The van der Waals surface area contributed by atoms with Crippen molar-refractivity contribution in [1.29, 1.82) is 0 Å². The average molecular weight is 263 g/mol. The van der Waals surface area contributed by atoms with Gasteiger partial charge in [-0.15, -0.1) is 22.7 Å². The van der Waals surface area contributed by atoms with E-state index in [1.165, 1.54) is 28.2 Å². The summed E-state index contributed by atoms with van der Waals surface area (Å²) >= 11 is 3.69. The summed E-state index contributed by atoms with van der Waals surface area (Å²) in [7, 11) is 0. The minimum atomic E-state index is 0.761. The van der Waals surface area contributed by atoms with Gasteiger partial charge in [-0.1, -0.05) is 13.0 Å². The van der Waals surface area contributed by atoms with Crippen molar-refractivity contribution < 1.29 is 0 Å². The predicted molar refractivity (Wildman–Crippen MR) is 76.7 cm³/mol. The van der Waals surface area contributed by atoms with Crippen LogP contribution in [0.2, 0.25) is 0 Å². The van der Waals surface area contributed by atoms with Crippen molar-refractivity contribution in [1.82, 2.24) is 5.32 Å². The molecule has 2 aromatic heterocycles. The number of hydrogen-bond donors (Lipinski definition) is 1. The molecule has 0 radical (unpaired) electrons. The fourth-order valence-electron chi connectivity index (χ4n) is 2.36. The molecule has 0 aliphatic heterocycles. The van der Waals surface area contributed by atoms with Gasteiger partial charge in [0.25, 0.3) is 0 Å². The van der Waals surface area contributed by atoms with Crippen molar-refractivity contribution in [2.75, 3.05) is 0 Å². The molecule has 1 aliphatic carbocycles. The van der Waals surface area contributed by atoms with E-state index in [1.54, 1.807) is 0 Å². The molecular formula is C14H17NS2. The van der Waals surface area contributed by atoms with Gasteiger partial charge in [-0.2, -0.15) is 0 Å². The first-order valence-corrected chi connectivity index (χ1v) is 7.92. The lowest BCUT2D eigenvalue weighted by Crippen LogP contribution is -2.39. The largest absolute Gasteiger partial charge is 0.309 e. The van der Waals surface area contributed by atoms with Crippen molar-refractivity contribution >= 4 is 22.7 Å². The topological polar surface area (TPSA) is 12.0 Å². The Morgan fingerprint density at radius 1 is 1.35 bits per heavy atom. The Hall–Kier alpha value is -0.640. The molecular weight excluding hydrogens is 246 g/mol.